The SMILES string of the molecule is CCCCC(CN)NS(=O)(=O)c1cc([N+](=O)[O-])ccc1CC.Cl. The summed E-state index contributed by atoms with van der Waals surface area (Å²) in [4.78, 5) is 10.2. The van der Waals surface area contributed by atoms with E-state index in [0.29, 0.717) is 18.4 Å². The number of halogens is 1. The number of nitrogens with one attached hydrogen (secondary N) is 1. The molecule has 0 bridgehead atoms. The van der Waals surface area contributed by atoms with Crippen molar-refractivity contribution in [3.8, 4) is 0 Å². The van der Waals surface area contributed by atoms with Gasteiger partial charge in [-0.05, 0) is 18.4 Å². The maximum absolute atomic E-state index is 12.5. The third-order valence-electron chi connectivity index (χ3n) is 3.44. The molecule has 1 aromatic carbocycles. The van der Waals surface area contributed by atoms with Gasteiger partial charge >= 0.3 is 0 Å². The van der Waals surface area contributed by atoms with Gasteiger partial charge in [-0.3, -0.25) is 10.1 Å². The summed E-state index contributed by atoms with van der Waals surface area (Å²) < 4.78 is 27.6. The first-order valence-electron chi connectivity index (χ1n) is 7.35. The molecule has 7 nitrogen and oxygen atoms in total. The predicted molar refractivity (Wildman–Crippen MR) is 92.4 cm³/mol. The Balaban J connectivity index is 0.00000484. The molecule has 9 heteroatoms. The number of hydrogen-bond donors (Lipinski definition) is 2. The van der Waals surface area contributed by atoms with Crippen LogP contribution in [0, 0.1) is 10.1 Å². The van der Waals surface area contributed by atoms with E-state index in [9.17, 15) is 18.5 Å². The van der Waals surface area contributed by atoms with Gasteiger partial charge in [0.2, 0.25) is 10.0 Å². The third kappa shape index (κ3) is 6.06. The molecule has 23 heavy (non-hydrogen) atoms. The second-order valence-electron chi connectivity index (χ2n) is 5.10. The van der Waals surface area contributed by atoms with E-state index in [4.69, 9.17) is 5.73 Å². The number of nitrogens with two attached hydrogens (primary N) is 1. The Kier molecular flexibility index (Phi) is 9.29. The predicted octanol–water partition coefficient (Wildman–Crippen LogP) is 2.37. The monoisotopic (exact) mass is 365 g/mol. The highest BCUT2D eigenvalue weighted by atomic mass is 35.5. The minimum Gasteiger partial charge on any atom is -0.329 e. The lowest BCUT2D eigenvalue weighted by molar-refractivity contribution is -0.385. The van der Waals surface area contributed by atoms with Crippen LogP contribution in [0.25, 0.3) is 0 Å². The van der Waals surface area contributed by atoms with Gasteiger partial charge in [0.1, 0.15) is 0 Å². The van der Waals surface area contributed by atoms with E-state index in [2.05, 4.69) is 4.72 Å². The number of hydrogen-bond acceptors (Lipinski definition) is 5. The summed E-state index contributed by atoms with van der Waals surface area (Å²) in [5, 5.41) is 10.9. The van der Waals surface area contributed by atoms with Crippen LogP contribution >= 0.6 is 12.4 Å². The average Bonchev–Trinajstić information content (AvgIpc) is 2.50. The molecule has 0 heterocycles. The Hall–Kier alpha value is -1.22. The molecule has 0 aliphatic carbocycles. The molecular formula is C14H24ClN3O4S. The number of unbranched alkanes of at least 4 members (excludes halogenated alkanes) is 1. The van der Waals surface area contributed by atoms with Crippen molar-refractivity contribution >= 4 is 28.1 Å². The topological polar surface area (TPSA) is 115 Å². The van der Waals surface area contributed by atoms with Crippen molar-refractivity contribution in [3.05, 3.63) is 33.9 Å². The van der Waals surface area contributed by atoms with E-state index in [1.807, 2.05) is 6.92 Å². The molecule has 0 spiro atoms. The first-order chi connectivity index (χ1) is 10.4. The molecule has 1 rings (SSSR count). The van der Waals surface area contributed by atoms with E-state index in [-0.39, 0.29) is 35.6 Å². The number of sulfonamides is 1. The summed E-state index contributed by atoms with van der Waals surface area (Å²) in [6.07, 6.45) is 2.91. The largest absolute Gasteiger partial charge is 0.329 e. The van der Waals surface area contributed by atoms with E-state index in [0.717, 1.165) is 18.9 Å². The van der Waals surface area contributed by atoms with E-state index in [1.54, 1.807) is 6.92 Å². The van der Waals surface area contributed by atoms with Crippen LogP contribution < -0.4 is 10.5 Å². The van der Waals surface area contributed by atoms with Crippen molar-refractivity contribution in [1.29, 1.82) is 0 Å². The fourth-order valence-corrected chi connectivity index (χ4v) is 3.77. The van der Waals surface area contributed by atoms with Gasteiger partial charge in [-0.15, -0.1) is 12.4 Å². The minimum absolute atomic E-state index is 0. The summed E-state index contributed by atoms with van der Waals surface area (Å²) in [6, 6.07) is 3.54. The summed E-state index contributed by atoms with van der Waals surface area (Å²) in [5.41, 5.74) is 5.92. The van der Waals surface area contributed by atoms with Crippen molar-refractivity contribution in [2.24, 2.45) is 5.73 Å². The molecule has 1 aromatic rings. The molecule has 0 fully saturated rings. The smallest absolute Gasteiger partial charge is 0.270 e. The van der Waals surface area contributed by atoms with Gasteiger partial charge in [0, 0.05) is 24.7 Å². The Morgan fingerprint density at radius 2 is 2.00 bits per heavy atom. The van der Waals surface area contributed by atoms with Crippen LogP contribution in [0.5, 0.6) is 0 Å². The normalized spacial score (nSPS) is 12.5. The van der Waals surface area contributed by atoms with Crippen LogP contribution in [-0.4, -0.2) is 25.9 Å². The highest BCUT2D eigenvalue weighted by Crippen LogP contribution is 2.23. The molecule has 0 aliphatic rings. The lowest BCUT2D eigenvalue weighted by Gasteiger charge is -2.18. The van der Waals surface area contributed by atoms with Crippen LogP contribution in [0.15, 0.2) is 23.1 Å². The van der Waals surface area contributed by atoms with Crippen molar-refractivity contribution in [1.82, 2.24) is 4.72 Å². The quantitative estimate of drug-likeness (QED) is 0.514. The third-order valence-corrected chi connectivity index (χ3v) is 5.05. The molecule has 1 unspecified atom stereocenters. The molecule has 132 valence electrons. The van der Waals surface area contributed by atoms with Crippen molar-refractivity contribution < 1.29 is 13.3 Å². The minimum atomic E-state index is -3.84. The Morgan fingerprint density at radius 1 is 1.35 bits per heavy atom. The van der Waals surface area contributed by atoms with Gasteiger partial charge in [-0.25, -0.2) is 13.1 Å². The first kappa shape index (κ1) is 21.8. The van der Waals surface area contributed by atoms with Crippen LogP contribution in [-0.2, 0) is 16.4 Å². The van der Waals surface area contributed by atoms with Gasteiger partial charge in [-0.1, -0.05) is 32.8 Å². The average molecular weight is 366 g/mol. The van der Waals surface area contributed by atoms with Gasteiger partial charge in [-0.2, -0.15) is 0 Å². The maximum atomic E-state index is 12.5. The number of rotatable bonds is 9. The molecule has 0 aromatic heterocycles. The summed E-state index contributed by atoms with van der Waals surface area (Å²) in [6.45, 7) is 4.01. The number of nitro benzene ring substituents is 1. The van der Waals surface area contributed by atoms with Crippen LogP contribution in [0.1, 0.15) is 38.7 Å². The van der Waals surface area contributed by atoms with Gasteiger partial charge in [0.15, 0.2) is 0 Å². The van der Waals surface area contributed by atoms with Crippen molar-refractivity contribution in [2.75, 3.05) is 6.54 Å². The standard InChI is InChI=1S/C14H23N3O4S.ClH/c1-3-5-6-12(10-15)16-22(20,21)14-9-13(17(18)19)8-7-11(14)4-2;/h7-9,12,16H,3-6,10,15H2,1-2H3;1H. The zero-order valence-corrected chi connectivity index (χ0v) is 15.0. The van der Waals surface area contributed by atoms with Gasteiger partial charge in [0.25, 0.3) is 5.69 Å². The van der Waals surface area contributed by atoms with Crippen LogP contribution in [0.2, 0.25) is 0 Å². The first-order valence-corrected chi connectivity index (χ1v) is 8.83. The second-order valence-corrected chi connectivity index (χ2v) is 6.78. The molecule has 3 N–H and O–H groups in total. The van der Waals surface area contributed by atoms with Crippen LogP contribution in [0.4, 0.5) is 5.69 Å². The Bertz CT molecular complexity index is 622. The highest BCUT2D eigenvalue weighted by molar-refractivity contribution is 7.89. The molecular weight excluding hydrogens is 342 g/mol. The molecule has 0 saturated carbocycles. The fraction of sp³-hybridized carbons (Fsp3) is 0.571. The number of nitro groups is 1. The molecule has 0 amide bonds. The molecule has 0 aliphatic heterocycles. The highest BCUT2D eigenvalue weighted by Gasteiger charge is 2.24. The Labute approximate surface area is 143 Å². The Morgan fingerprint density at radius 3 is 2.48 bits per heavy atom. The van der Waals surface area contributed by atoms with Crippen LogP contribution in [0.3, 0.4) is 0 Å². The maximum Gasteiger partial charge on any atom is 0.270 e. The number of nitrogens with zero attached hydrogens (tertiary/aromatic N) is 1. The fourth-order valence-electron chi connectivity index (χ4n) is 2.16. The van der Waals surface area contributed by atoms with Crippen molar-refractivity contribution in [2.45, 2.75) is 50.5 Å². The van der Waals surface area contributed by atoms with E-state index < -0.39 is 14.9 Å². The lowest BCUT2D eigenvalue weighted by Crippen LogP contribution is -2.40. The zero-order chi connectivity index (χ0) is 16.8. The van der Waals surface area contributed by atoms with E-state index in [1.165, 1.54) is 12.1 Å². The molecule has 1 atom stereocenters. The zero-order valence-electron chi connectivity index (χ0n) is 13.3. The summed E-state index contributed by atoms with van der Waals surface area (Å²) in [5.74, 6) is 0. The molecule has 0 saturated heterocycles. The lowest BCUT2D eigenvalue weighted by atomic mass is 10.1. The molecule has 0 radical (unpaired) electrons. The number of benzene rings is 1. The summed E-state index contributed by atoms with van der Waals surface area (Å²) >= 11 is 0. The second kappa shape index (κ2) is 9.82. The van der Waals surface area contributed by atoms with Gasteiger partial charge in [0.05, 0.1) is 9.82 Å². The number of non-ortho nitro benzene ring substituents is 1. The van der Waals surface area contributed by atoms with Gasteiger partial charge < -0.3 is 5.73 Å². The van der Waals surface area contributed by atoms with E-state index >= 15 is 0 Å². The van der Waals surface area contributed by atoms with Crippen molar-refractivity contribution in [3.63, 3.8) is 0 Å². The summed E-state index contributed by atoms with van der Waals surface area (Å²) in [7, 11) is -3.84. The number of aryl methyl sites for hydroxylation is 1.